The molecule has 2 N–H and O–H groups in total. The molecule has 2 aromatic rings. The van der Waals surface area contributed by atoms with E-state index in [1.54, 1.807) is 0 Å². The first-order valence-electron chi connectivity index (χ1n) is 9.33. The van der Waals surface area contributed by atoms with E-state index in [0.717, 1.165) is 17.1 Å². The molecule has 0 radical (unpaired) electrons. The van der Waals surface area contributed by atoms with E-state index >= 15 is 0 Å². The summed E-state index contributed by atoms with van der Waals surface area (Å²) in [5.41, 5.74) is 0.376. The third-order valence-electron chi connectivity index (χ3n) is 5.07. The fourth-order valence-electron chi connectivity index (χ4n) is 3.53. The van der Waals surface area contributed by atoms with Crippen molar-refractivity contribution in [2.24, 2.45) is 0 Å². The van der Waals surface area contributed by atoms with Gasteiger partial charge in [0, 0.05) is 31.4 Å². The van der Waals surface area contributed by atoms with Gasteiger partial charge in [0.1, 0.15) is 10.6 Å². The van der Waals surface area contributed by atoms with Crippen molar-refractivity contribution in [2.45, 2.75) is 17.4 Å². The Morgan fingerprint density at radius 2 is 2.17 bits per heavy atom. The number of carbonyl (C=O) groups is 2. The fraction of sp³-hybridized carbons (Fsp3) is 0.368. The van der Waals surface area contributed by atoms with Crippen molar-refractivity contribution >= 4 is 27.5 Å². The monoisotopic (exact) mass is 418 g/mol. The third kappa shape index (κ3) is 3.78. The first kappa shape index (κ1) is 19.6. The third-order valence-corrected chi connectivity index (χ3v) is 6.81. The molecule has 2 aliphatic heterocycles. The van der Waals surface area contributed by atoms with Crippen LogP contribution in [0.4, 0.5) is 5.69 Å². The lowest BCUT2D eigenvalue weighted by Crippen LogP contribution is -2.41. The maximum absolute atomic E-state index is 12.8. The lowest BCUT2D eigenvalue weighted by Gasteiger charge is -2.30. The maximum Gasteiger partial charge on any atom is 0.273 e. The number of likely N-dealkylation sites (N-methyl/N-ethyl adjacent to an activating group) is 1. The molecule has 0 spiro atoms. The number of ether oxygens (including phenoxy) is 1. The highest BCUT2D eigenvalue weighted by molar-refractivity contribution is 7.90. The largest absolute Gasteiger partial charge is 0.375 e. The van der Waals surface area contributed by atoms with Gasteiger partial charge < -0.3 is 20.3 Å². The molecule has 1 atom stereocenters. The van der Waals surface area contributed by atoms with Gasteiger partial charge in [-0.1, -0.05) is 0 Å². The van der Waals surface area contributed by atoms with Crippen LogP contribution in [0.3, 0.4) is 0 Å². The van der Waals surface area contributed by atoms with Crippen molar-refractivity contribution in [2.75, 3.05) is 38.6 Å². The predicted molar refractivity (Wildman–Crippen MR) is 106 cm³/mol. The van der Waals surface area contributed by atoms with Crippen LogP contribution in [0.15, 0.2) is 41.4 Å². The Morgan fingerprint density at radius 1 is 1.34 bits per heavy atom. The SMILES string of the molecule is CN1CCOC(CCNC(=O)c2ccc3c(c2)NC(=O)c2cccn2S3(=O)=O)C1. The van der Waals surface area contributed by atoms with Crippen LogP contribution < -0.4 is 10.6 Å². The van der Waals surface area contributed by atoms with E-state index in [2.05, 4.69) is 15.5 Å². The molecule has 1 saturated heterocycles. The van der Waals surface area contributed by atoms with Crippen molar-refractivity contribution in [3.8, 4) is 0 Å². The Bertz CT molecular complexity index is 1060. The summed E-state index contributed by atoms with van der Waals surface area (Å²) in [6, 6.07) is 7.09. The number of nitrogens with one attached hydrogen (secondary N) is 2. The molecule has 29 heavy (non-hydrogen) atoms. The highest BCUT2D eigenvalue weighted by Gasteiger charge is 2.30. The van der Waals surface area contributed by atoms with Crippen LogP contribution in [0.25, 0.3) is 0 Å². The number of hydrogen-bond donors (Lipinski definition) is 2. The van der Waals surface area contributed by atoms with Gasteiger partial charge in [-0.3, -0.25) is 9.59 Å². The fourth-order valence-corrected chi connectivity index (χ4v) is 5.00. The minimum absolute atomic E-state index is 0.0182. The number of aromatic nitrogens is 1. The molecule has 9 nitrogen and oxygen atoms in total. The lowest BCUT2D eigenvalue weighted by molar-refractivity contribution is -0.0226. The second-order valence-electron chi connectivity index (χ2n) is 7.16. The molecule has 1 fully saturated rings. The standard InChI is InChI=1S/C19H22N4O5S/c1-22-9-10-28-14(12-22)6-7-20-18(24)13-4-5-17-15(11-13)21-19(25)16-3-2-8-23(16)29(17,26)27/h2-5,8,11,14H,6-7,9-10,12H2,1H3,(H,20,24)(H,21,25). The van der Waals surface area contributed by atoms with Crippen LogP contribution in [0.5, 0.6) is 0 Å². The van der Waals surface area contributed by atoms with Crippen LogP contribution in [0, 0.1) is 0 Å². The number of fused-ring (bicyclic) bond motifs is 2. The maximum atomic E-state index is 12.8. The second-order valence-corrected chi connectivity index (χ2v) is 8.94. The van der Waals surface area contributed by atoms with E-state index in [1.807, 2.05) is 7.05 Å². The van der Waals surface area contributed by atoms with Gasteiger partial charge in [-0.25, -0.2) is 12.4 Å². The van der Waals surface area contributed by atoms with E-state index in [9.17, 15) is 18.0 Å². The molecule has 154 valence electrons. The first-order valence-corrected chi connectivity index (χ1v) is 10.8. The van der Waals surface area contributed by atoms with Crippen molar-refractivity contribution in [1.29, 1.82) is 0 Å². The molecule has 0 saturated carbocycles. The number of amides is 2. The highest BCUT2D eigenvalue weighted by atomic mass is 32.2. The van der Waals surface area contributed by atoms with Gasteiger partial charge in [0.2, 0.25) is 0 Å². The van der Waals surface area contributed by atoms with Gasteiger partial charge in [0.25, 0.3) is 21.8 Å². The molecule has 2 amide bonds. The molecule has 0 bridgehead atoms. The Morgan fingerprint density at radius 3 is 2.97 bits per heavy atom. The summed E-state index contributed by atoms with van der Waals surface area (Å²) < 4.78 is 32.3. The van der Waals surface area contributed by atoms with E-state index in [4.69, 9.17) is 4.74 Å². The number of rotatable bonds is 4. The zero-order valence-corrected chi connectivity index (χ0v) is 16.7. The highest BCUT2D eigenvalue weighted by Crippen LogP contribution is 2.29. The van der Waals surface area contributed by atoms with Gasteiger partial charge in [-0.2, -0.15) is 0 Å². The summed E-state index contributed by atoms with van der Waals surface area (Å²) in [5, 5.41) is 5.41. The quantitative estimate of drug-likeness (QED) is 0.758. The van der Waals surface area contributed by atoms with Crippen molar-refractivity contribution < 1.29 is 22.7 Å². The van der Waals surface area contributed by atoms with E-state index in [1.165, 1.54) is 36.5 Å². The minimum Gasteiger partial charge on any atom is -0.375 e. The van der Waals surface area contributed by atoms with E-state index in [0.29, 0.717) is 19.6 Å². The van der Waals surface area contributed by atoms with Gasteiger partial charge in [-0.05, 0) is 43.8 Å². The molecule has 0 aliphatic carbocycles. The smallest absolute Gasteiger partial charge is 0.273 e. The summed E-state index contributed by atoms with van der Waals surface area (Å²) in [7, 11) is -1.90. The zero-order valence-electron chi connectivity index (χ0n) is 15.9. The number of carbonyl (C=O) groups excluding carboxylic acids is 2. The lowest BCUT2D eigenvalue weighted by atomic mass is 10.1. The molecule has 10 heteroatoms. The molecular weight excluding hydrogens is 396 g/mol. The molecule has 1 unspecified atom stereocenters. The van der Waals surface area contributed by atoms with Crippen molar-refractivity contribution in [1.82, 2.24) is 14.2 Å². The van der Waals surface area contributed by atoms with Gasteiger partial charge in [-0.15, -0.1) is 0 Å². The Hall–Kier alpha value is -2.69. The van der Waals surface area contributed by atoms with E-state index < -0.39 is 15.9 Å². The summed E-state index contributed by atoms with van der Waals surface area (Å²) in [5.74, 6) is -0.888. The second kappa shape index (κ2) is 7.62. The molecule has 1 aromatic carbocycles. The number of nitrogens with zero attached hydrogens (tertiary/aromatic N) is 2. The minimum atomic E-state index is -3.93. The van der Waals surface area contributed by atoms with Gasteiger partial charge in [0.05, 0.1) is 18.4 Å². The van der Waals surface area contributed by atoms with Gasteiger partial charge in [0.15, 0.2) is 0 Å². The Labute approximate surface area is 168 Å². The predicted octanol–water partition coefficient (Wildman–Crippen LogP) is 0.741. The van der Waals surface area contributed by atoms with Crippen molar-refractivity contribution in [3.63, 3.8) is 0 Å². The number of benzene rings is 1. The summed E-state index contributed by atoms with van der Waals surface area (Å²) in [6.45, 7) is 2.83. The Kier molecular flexibility index (Phi) is 5.15. The average Bonchev–Trinajstić information content (AvgIpc) is 3.16. The average molecular weight is 418 g/mol. The topological polar surface area (TPSA) is 110 Å². The summed E-state index contributed by atoms with van der Waals surface area (Å²) in [6.07, 6.45) is 2.08. The number of anilines is 1. The molecule has 3 heterocycles. The number of hydrogen-bond acceptors (Lipinski definition) is 6. The van der Waals surface area contributed by atoms with E-state index in [-0.39, 0.29) is 33.9 Å². The molecule has 4 rings (SSSR count). The van der Waals surface area contributed by atoms with Crippen molar-refractivity contribution in [3.05, 3.63) is 47.8 Å². The van der Waals surface area contributed by atoms with Crippen LogP contribution in [-0.4, -0.2) is 68.5 Å². The molecule has 1 aromatic heterocycles. The Balaban J connectivity index is 1.49. The van der Waals surface area contributed by atoms with Crippen LogP contribution in [-0.2, 0) is 14.8 Å². The van der Waals surface area contributed by atoms with Crippen LogP contribution >= 0.6 is 0 Å². The molecular formula is C19H22N4O5S. The molecule has 2 aliphatic rings. The normalized spacial score (nSPS) is 20.9. The van der Waals surface area contributed by atoms with Crippen LogP contribution in [0.2, 0.25) is 0 Å². The summed E-state index contributed by atoms with van der Waals surface area (Å²) in [4.78, 5) is 27.0. The zero-order chi connectivity index (χ0) is 20.6. The van der Waals surface area contributed by atoms with Gasteiger partial charge >= 0.3 is 0 Å². The summed E-state index contributed by atoms with van der Waals surface area (Å²) >= 11 is 0. The first-order chi connectivity index (χ1) is 13.9. The van der Waals surface area contributed by atoms with Crippen LogP contribution in [0.1, 0.15) is 27.3 Å². The number of morpholine rings is 1.